The Morgan fingerprint density at radius 2 is 1.86 bits per heavy atom. The molecule has 0 amide bonds. The van der Waals surface area contributed by atoms with Crippen LogP contribution >= 0.6 is 27.3 Å². The molecule has 0 aliphatic carbocycles. The van der Waals surface area contributed by atoms with Crippen LogP contribution in [0.2, 0.25) is 0 Å². The molecule has 0 radical (unpaired) electrons. The lowest BCUT2D eigenvalue weighted by Crippen LogP contribution is -1.99. The Bertz CT molecular complexity index is 725. The first-order valence-corrected chi connectivity index (χ1v) is 8.74. The van der Waals surface area contributed by atoms with E-state index in [0.29, 0.717) is 6.61 Å². The van der Waals surface area contributed by atoms with Gasteiger partial charge < -0.3 is 4.74 Å². The Balaban J connectivity index is 1.81. The van der Waals surface area contributed by atoms with Gasteiger partial charge in [0.25, 0.3) is 0 Å². The number of halogens is 1. The molecule has 1 aromatic heterocycles. The SMILES string of the molecule is Cc1cc(CBr)cc(C)c1OCc1nc2ccccc2s1. The summed E-state index contributed by atoms with van der Waals surface area (Å²) in [4.78, 5) is 4.61. The first-order chi connectivity index (χ1) is 10.2. The van der Waals surface area contributed by atoms with Crippen molar-refractivity contribution in [1.29, 1.82) is 0 Å². The van der Waals surface area contributed by atoms with Crippen LogP contribution in [0.5, 0.6) is 5.75 Å². The molecule has 3 aromatic rings. The number of fused-ring (bicyclic) bond motifs is 1. The lowest BCUT2D eigenvalue weighted by molar-refractivity contribution is 0.301. The number of hydrogen-bond donors (Lipinski definition) is 0. The van der Waals surface area contributed by atoms with Gasteiger partial charge >= 0.3 is 0 Å². The third-order valence-electron chi connectivity index (χ3n) is 3.35. The number of nitrogens with zero attached hydrogens (tertiary/aromatic N) is 1. The van der Waals surface area contributed by atoms with Crippen LogP contribution in [0.15, 0.2) is 36.4 Å². The summed E-state index contributed by atoms with van der Waals surface area (Å²) in [6.07, 6.45) is 0. The van der Waals surface area contributed by atoms with Crippen molar-refractivity contribution in [3.05, 3.63) is 58.1 Å². The van der Waals surface area contributed by atoms with Gasteiger partial charge in [0.15, 0.2) is 0 Å². The van der Waals surface area contributed by atoms with Crippen LogP contribution < -0.4 is 4.74 Å². The predicted octanol–water partition coefficient (Wildman–Crippen LogP) is 5.39. The van der Waals surface area contributed by atoms with Crippen LogP contribution in [0.4, 0.5) is 0 Å². The zero-order valence-corrected chi connectivity index (χ0v) is 14.4. The predicted molar refractivity (Wildman–Crippen MR) is 92.5 cm³/mol. The van der Waals surface area contributed by atoms with Gasteiger partial charge in [-0.3, -0.25) is 0 Å². The normalized spacial score (nSPS) is 11.0. The van der Waals surface area contributed by atoms with Gasteiger partial charge in [-0.1, -0.05) is 40.2 Å². The average Bonchev–Trinajstić information content (AvgIpc) is 2.88. The summed E-state index contributed by atoms with van der Waals surface area (Å²) in [6.45, 7) is 4.70. The molecule has 0 spiro atoms. The molecule has 0 fully saturated rings. The highest BCUT2D eigenvalue weighted by Gasteiger charge is 2.09. The Morgan fingerprint density at radius 1 is 1.14 bits per heavy atom. The molecule has 0 saturated heterocycles. The second kappa shape index (κ2) is 6.16. The minimum atomic E-state index is 0.523. The zero-order chi connectivity index (χ0) is 14.8. The van der Waals surface area contributed by atoms with Gasteiger partial charge in [0, 0.05) is 5.33 Å². The van der Waals surface area contributed by atoms with Crippen molar-refractivity contribution in [2.45, 2.75) is 25.8 Å². The van der Waals surface area contributed by atoms with Crippen molar-refractivity contribution in [3.63, 3.8) is 0 Å². The lowest BCUT2D eigenvalue weighted by Gasteiger charge is -2.12. The van der Waals surface area contributed by atoms with E-state index in [0.717, 1.165) is 21.6 Å². The van der Waals surface area contributed by atoms with Crippen LogP contribution in [-0.4, -0.2) is 4.98 Å². The van der Waals surface area contributed by atoms with Gasteiger partial charge in [-0.05, 0) is 42.7 Å². The number of para-hydroxylation sites is 1. The first-order valence-electron chi connectivity index (χ1n) is 6.80. The van der Waals surface area contributed by atoms with Crippen molar-refractivity contribution in [2.75, 3.05) is 0 Å². The summed E-state index contributed by atoms with van der Waals surface area (Å²) in [5.74, 6) is 0.971. The van der Waals surface area contributed by atoms with E-state index >= 15 is 0 Å². The molecule has 3 rings (SSSR count). The molecule has 0 aliphatic heterocycles. The van der Waals surface area contributed by atoms with E-state index in [1.807, 2.05) is 18.2 Å². The maximum Gasteiger partial charge on any atom is 0.140 e. The summed E-state index contributed by atoms with van der Waals surface area (Å²) in [6, 6.07) is 12.5. The van der Waals surface area contributed by atoms with Crippen molar-refractivity contribution >= 4 is 37.5 Å². The Kier molecular flexibility index (Phi) is 4.27. The van der Waals surface area contributed by atoms with Crippen molar-refractivity contribution in [1.82, 2.24) is 4.98 Å². The molecule has 0 aliphatic rings. The molecule has 2 aromatic carbocycles. The molecular weight excluding hydrogens is 346 g/mol. The molecule has 21 heavy (non-hydrogen) atoms. The largest absolute Gasteiger partial charge is 0.486 e. The molecular formula is C17H16BrNOS. The van der Waals surface area contributed by atoms with E-state index in [1.54, 1.807) is 11.3 Å². The third kappa shape index (κ3) is 3.11. The minimum absolute atomic E-state index is 0.523. The second-order valence-corrected chi connectivity index (χ2v) is 6.73. The van der Waals surface area contributed by atoms with E-state index < -0.39 is 0 Å². The smallest absolute Gasteiger partial charge is 0.140 e. The maximum atomic E-state index is 6.02. The molecule has 0 atom stereocenters. The van der Waals surface area contributed by atoms with Crippen molar-refractivity contribution in [3.8, 4) is 5.75 Å². The molecule has 4 heteroatoms. The molecule has 0 N–H and O–H groups in total. The van der Waals surface area contributed by atoms with E-state index in [4.69, 9.17) is 4.74 Å². The van der Waals surface area contributed by atoms with Crippen LogP contribution in [0.1, 0.15) is 21.7 Å². The van der Waals surface area contributed by atoms with E-state index in [2.05, 4.69) is 53.0 Å². The monoisotopic (exact) mass is 361 g/mol. The fraction of sp³-hybridized carbons (Fsp3) is 0.235. The van der Waals surface area contributed by atoms with E-state index in [9.17, 15) is 0 Å². The topological polar surface area (TPSA) is 22.1 Å². The number of ether oxygens (including phenoxy) is 1. The van der Waals surface area contributed by atoms with Gasteiger partial charge in [0.1, 0.15) is 17.4 Å². The van der Waals surface area contributed by atoms with Crippen LogP contribution in [0, 0.1) is 13.8 Å². The number of alkyl halides is 1. The third-order valence-corrected chi connectivity index (χ3v) is 5.01. The lowest BCUT2D eigenvalue weighted by atomic mass is 10.1. The highest BCUT2D eigenvalue weighted by atomic mass is 79.9. The highest BCUT2D eigenvalue weighted by molar-refractivity contribution is 9.08. The van der Waals surface area contributed by atoms with Crippen LogP contribution in [0.3, 0.4) is 0 Å². The highest BCUT2D eigenvalue weighted by Crippen LogP contribution is 2.28. The molecule has 0 bridgehead atoms. The van der Waals surface area contributed by atoms with Gasteiger partial charge in [-0.25, -0.2) is 4.98 Å². The second-order valence-electron chi connectivity index (χ2n) is 5.06. The maximum absolute atomic E-state index is 6.02. The molecule has 2 nitrogen and oxygen atoms in total. The number of hydrogen-bond acceptors (Lipinski definition) is 3. The summed E-state index contributed by atoms with van der Waals surface area (Å²) in [5.41, 5.74) is 4.66. The van der Waals surface area contributed by atoms with Gasteiger partial charge in [-0.15, -0.1) is 11.3 Å². The van der Waals surface area contributed by atoms with Crippen molar-refractivity contribution < 1.29 is 4.74 Å². The number of aryl methyl sites for hydroxylation is 2. The number of benzene rings is 2. The van der Waals surface area contributed by atoms with Crippen molar-refractivity contribution in [2.24, 2.45) is 0 Å². The summed E-state index contributed by atoms with van der Waals surface area (Å²) < 4.78 is 7.22. The number of aromatic nitrogens is 1. The minimum Gasteiger partial charge on any atom is -0.486 e. The summed E-state index contributed by atoms with van der Waals surface area (Å²) in [7, 11) is 0. The van der Waals surface area contributed by atoms with Gasteiger partial charge in [-0.2, -0.15) is 0 Å². The summed E-state index contributed by atoms with van der Waals surface area (Å²) >= 11 is 5.19. The molecule has 108 valence electrons. The van der Waals surface area contributed by atoms with Gasteiger partial charge in [0.05, 0.1) is 10.2 Å². The zero-order valence-electron chi connectivity index (χ0n) is 12.0. The number of thiazole rings is 1. The Morgan fingerprint density at radius 3 is 2.52 bits per heavy atom. The molecule has 0 saturated carbocycles. The molecule has 0 unspecified atom stereocenters. The first kappa shape index (κ1) is 14.5. The van der Waals surface area contributed by atoms with Crippen LogP contribution in [-0.2, 0) is 11.9 Å². The van der Waals surface area contributed by atoms with E-state index in [1.165, 1.54) is 21.4 Å². The summed E-state index contributed by atoms with van der Waals surface area (Å²) in [5, 5.41) is 1.88. The Hall–Kier alpha value is -1.39. The fourth-order valence-electron chi connectivity index (χ4n) is 2.46. The van der Waals surface area contributed by atoms with Gasteiger partial charge in [0.2, 0.25) is 0 Å². The fourth-order valence-corrected chi connectivity index (χ4v) is 3.66. The average molecular weight is 362 g/mol. The number of rotatable bonds is 4. The quantitative estimate of drug-likeness (QED) is 0.581. The Labute approximate surface area is 136 Å². The molecule has 1 heterocycles. The standard InChI is InChI=1S/C17H16BrNOS/c1-11-7-13(9-18)8-12(2)17(11)20-10-16-19-14-5-3-4-6-15(14)21-16/h3-8H,9-10H2,1-2H3. The van der Waals surface area contributed by atoms with Crippen LogP contribution in [0.25, 0.3) is 10.2 Å². The van der Waals surface area contributed by atoms with E-state index in [-0.39, 0.29) is 0 Å².